The molecule has 0 aliphatic carbocycles. The van der Waals surface area contributed by atoms with Crippen molar-refractivity contribution in [2.45, 2.75) is 20.3 Å². The predicted octanol–water partition coefficient (Wildman–Crippen LogP) is -0.0190. The third-order valence-electron chi connectivity index (χ3n) is 0.498. The normalized spacial score (nSPS) is 8.67. The maximum absolute atomic E-state index is 10.1. The van der Waals surface area contributed by atoms with Crippen molar-refractivity contribution in [1.29, 1.82) is 0 Å². The Labute approximate surface area is 85.7 Å². The molecule has 0 radical (unpaired) electrons. The van der Waals surface area contributed by atoms with E-state index in [2.05, 4.69) is 16.2 Å². The molecular weight excluding hydrogens is 236 g/mol. The molecule has 0 aromatic rings. The maximum atomic E-state index is 10.1. The number of carbonyl (C=O) groups excluding carboxylic acids is 1. The van der Waals surface area contributed by atoms with Crippen LogP contribution in [-0.2, 0) is 38.8 Å². The zero-order valence-corrected chi connectivity index (χ0v) is 11.0. The number of hydrogen-bond acceptors (Lipinski definition) is 4. The summed E-state index contributed by atoms with van der Waals surface area (Å²) in [4.78, 5) is 10.1. The van der Waals surface area contributed by atoms with Crippen LogP contribution in [0.1, 0.15) is 20.3 Å². The Balaban J connectivity index is -0.000000249. The van der Waals surface area contributed by atoms with Gasteiger partial charge < -0.3 is 11.1 Å². The van der Waals surface area contributed by atoms with Crippen LogP contribution in [-0.4, -0.2) is 14.4 Å². The molecule has 0 rings (SSSR count). The molecular formula is C5H12NO4SZn-. The minimum absolute atomic E-state index is 0. The summed E-state index contributed by atoms with van der Waals surface area (Å²) in [6.45, 7) is 6.47. The molecule has 5 nitrogen and oxygen atoms in total. The van der Waals surface area contributed by atoms with Crippen LogP contribution in [0, 0.1) is 6.92 Å². The van der Waals surface area contributed by atoms with Gasteiger partial charge in [-0.05, 0) is 0 Å². The second-order valence-corrected chi connectivity index (χ2v) is 2.45. The number of hydrogen-bond donors (Lipinski definition) is 1. The molecule has 12 heavy (non-hydrogen) atoms. The van der Waals surface area contributed by atoms with Crippen molar-refractivity contribution < 1.29 is 36.9 Å². The molecule has 0 saturated carbocycles. The zero-order valence-electron chi connectivity index (χ0n) is 7.24. The molecule has 70 valence electrons. The van der Waals surface area contributed by atoms with Gasteiger partial charge in [0.25, 0.3) is 0 Å². The molecule has 0 amide bonds. The monoisotopic (exact) mass is 246 g/mol. The fraction of sp³-hybridized carbons (Fsp3) is 0.600. The van der Waals surface area contributed by atoms with Gasteiger partial charge in [0.2, 0.25) is 0 Å². The summed E-state index contributed by atoms with van der Waals surface area (Å²) in [5, 5.41) is 4.34. The van der Waals surface area contributed by atoms with Crippen molar-refractivity contribution in [3.8, 4) is 0 Å². The number of nitrogens with two attached hydrogens (primary N) is 1. The van der Waals surface area contributed by atoms with Gasteiger partial charge in [-0.15, -0.1) is 0 Å². The SMILES string of the molecule is CCC(=O)OS(N)(=O)=O.[CH2-]C.[Zn]. The second-order valence-electron chi connectivity index (χ2n) is 1.30. The van der Waals surface area contributed by atoms with Crippen LogP contribution < -0.4 is 5.14 Å². The van der Waals surface area contributed by atoms with Gasteiger partial charge >= 0.3 is 16.3 Å². The Hall–Kier alpha value is 0.00338. The summed E-state index contributed by atoms with van der Waals surface area (Å²) in [5.74, 6) is -0.850. The Morgan fingerprint density at radius 1 is 1.50 bits per heavy atom. The molecule has 0 unspecified atom stereocenters. The maximum Gasteiger partial charge on any atom is 0.382 e. The second kappa shape index (κ2) is 9.09. The quantitative estimate of drug-likeness (QED) is 0.549. The third kappa shape index (κ3) is 16.5. The summed E-state index contributed by atoms with van der Waals surface area (Å²) in [5.41, 5.74) is 0. The zero-order chi connectivity index (χ0) is 9.49. The first-order valence-electron chi connectivity index (χ1n) is 2.91. The Morgan fingerprint density at radius 2 is 1.83 bits per heavy atom. The molecule has 0 bridgehead atoms. The largest absolute Gasteiger partial charge is 0.382 e. The van der Waals surface area contributed by atoms with Crippen LogP contribution in [0.2, 0.25) is 0 Å². The van der Waals surface area contributed by atoms with Crippen LogP contribution in [0.3, 0.4) is 0 Å². The van der Waals surface area contributed by atoms with Crippen molar-refractivity contribution in [1.82, 2.24) is 0 Å². The van der Waals surface area contributed by atoms with Gasteiger partial charge in [0.15, 0.2) is 0 Å². The molecule has 0 heterocycles. The van der Waals surface area contributed by atoms with E-state index in [9.17, 15) is 13.2 Å². The van der Waals surface area contributed by atoms with Gasteiger partial charge in [0, 0.05) is 25.9 Å². The average molecular weight is 248 g/mol. The van der Waals surface area contributed by atoms with Crippen LogP contribution in [0.4, 0.5) is 0 Å². The Kier molecular flexibility index (Phi) is 13.6. The van der Waals surface area contributed by atoms with Gasteiger partial charge in [-0.2, -0.15) is 20.5 Å². The summed E-state index contributed by atoms with van der Waals surface area (Å²) < 4.78 is 23.6. The summed E-state index contributed by atoms with van der Waals surface area (Å²) in [7, 11) is -4.08. The Morgan fingerprint density at radius 3 is 1.92 bits per heavy atom. The summed E-state index contributed by atoms with van der Waals surface area (Å²) in [6.07, 6.45) is -0.00354. The number of carbonyl (C=O) groups is 1. The molecule has 2 N–H and O–H groups in total. The van der Waals surface area contributed by atoms with Crippen LogP contribution in [0.15, 0.2) is 0 Å². The van der Waals surface area contributed by atoms with Crippen molar-refractivity contribution in [3.05, 3.63) is 6.92 Å². The van der Waals surface area contributed by atoms with Gasteiger partial charge in [0.1, 0.15) is 0 Å². The molecule has 0 fully saturated rings. The van der Waals surface area contributed by atoms with E-state index in [0.29, 0.717) is 0 Å². The van der Waals surface area contributed by atoms with Gasteiger partial charge in [-0.25, -0.2) is 0 Å². The molecule has 0 aliphatic heterocycles. The van der Waals surface area contributed by atoms with Crippen molar-refractivity contribution in [2.75, 3.05) is 0 Å². The van der Waals surface area contributed by atoms with Crippen molar-refractivity contribution in [2.24, 2.45) is 5.14 Å². The molecule has 0 aromatic heterocycles. The van der Waals surface area contributed by atoms with E-state index in [1.54, 1.807) is 6.92 Å². The Bertz CT molecular complexity index is 201. The van der Waals surface area contributed by atoms with E-state index in [-0.39, 0.29) is 25.9 Å². The van der Waals surface area contributed by atoms with E-state index < -0.39 is 16.3 Å². The molecule has 0 aliphatic rings. The van der Waals surface area contributed by atoms with Crippen molar-refractivity contribution >= 4 is 16.3 Å². The smallest absolute Gasteiger partial charge is 0.346 e. The van der Waals surface area contributed by atoms with E-state index in [1.807, 2.05) is 0 Å². The summed E-state index contributed by atoms with van der Waals surface area (Å²) in [6, 6.07) is 0. The molecule has 0 atom stereocenters. The minimum Gasteiger partial charge on any atom is -0.346 e. The first-order chi connectivity index (χ1) is 4.95. The molecule has 0 aromatic carbocycles. The predicted molar refractivity (Wildman–Crippen MR) is 40.5 cm³/mol. The minimum atomic E-state index is -4.08. The standard InChI is InChI=1S/C3H7NO4S.C2H5.Zn/c1-2-3(5)8-9(4,6)7;1-2;/h2H2,1H3,(H2,4,6,7);1H2,2H3;/q;-1;. The van der Waals surface area contributed by atoms with Gasteiger partial charge in [-0.1, -0.05) is 6.92 Å². The van der Waals surface area contributed by atoms with E-state index in [4.69, 9.17) is 0 Å². The molecule has 7 heteroatoms. The molecule has 0 spiro atoms. The fourth-order valence-corrected chi connectivity index (χ4v) is 0.565. The van der Waals surface area contributed by atoms with E-state index >= 15 is 0 Å². The first-order valence-corrected chi connectivity index (χ1v) is 4.38. The van der Waals surface area contributed by atoms with E-state index in [1.165, 1.54) is 6.92 Å². The van der Waals surface area contributed by atoms with E-state index in [0.717, 1.165) is 0 Å². The van der Waals surface area contributed by atoms with Crippen molar-refractivity contribution in [3.63, 3.8) is 0 Å². The van der Waals surface area contributed by atoms with Gasteiger partial charge in [0.05, 0.1) is 0 Å². The van der Waals surface area contributed by atoms with Crippen LogP contribution in [0.25, 0.3) is 0 Å². The average Bonchev–Trinajstić information content (AvgIpc) is 1.89. The summed E-state index contributed by atoms with van der Waals surface area (Å²) >= 11 is 0. The van der Waals surface area contributed by atoms with Crippen LogP contribution >= 0.6 is 0 Å². The van der Waals surface area contributed by atoms with Gasteiger partial charge in [-0.3, -0.25) is 4.79 Å². The topological polar surface area (TPSA) is 86.5 Å². The molecule has 0 saturated heterocycles. The number of rotatable bonds is 2. The van der Waals surface area contributed by atoms with Crippen LogP contribution in [0.5, 0.6) is 0 Å². The first kappa shape index (κ1) is 17.9. The third-order valence-corrected chi connectivity index (χ3v) is 0.916. The fourth-order valence-electron chi connectivity index (χ4n) is 0.188.